The second-order valence-electron chi connectivity index (χ2n) is 10.1. The minimum absolute atomic E-state index is 0.0221. The molecule has 1 aliphatic carbocycles. The van der Waals surface area contributed by atoms with Crippen molar-refractivity contribution in [2.45, 2.75) is 70.8 Å². The van der Waals surface area contributed by atoms with Gasteiger partial charge in [-0.3, -0.25) is 4.79 Å². The summed E-state index contributed by atoms with van der Waals surface area (Å²) < 4.78 is 12.2. The number of thiazole rings is 1. The van der Waals surface area contributed by atoms with Gasteiger partial charge in [0.2, 0.25) is 0 Å². The second kappa shape index (κ2) is 14.0. The van der Waals surface area contributed by atoms with Gasteiger partial charge in [-0.25, -0.2) is 0 Å². The minimum atomic E-state index is 0.0221. The maximum Gasteiger partial charge on any atom is 0.305 e. The Morgan fingerprint density at radius 3 is 2.73 bits per heavy atom. The molecule has 4 rings (SSSR count). The molecule has 0 bridgehead atoms. The van der Waals surface area contributed by atoms with Crippen molar-refractivity contribution in [1.29, 1.82) is 0 Å². The van der Waals surface area contributed by atoms with E-state index in [1.54, 1.807) is 14.2 Å². The zero-order valence-corrected chi connectivity index (χ0v) is 23.6. The molecule has 1 atom stereocenters. The van der Waals surface area contributed by atoms with Crippen LogP contribution >= 0.6 is 11.3 Å². The van der Waals surface area contributed by atoms with Crippen LogP contribution < -0.4 is 19.7 Å². The number of methoxy groups -OCH3 is 2. The molecule has 0 fully saturated rings. The first-order valence-electron chi connectivity index (χ1n) is 13.9. The van der Waals surface area contributed by atoms with Gasteiger partial charge in [0.1, 0.15) is 0 Å². The molecule has 0 saturated heterocycles. The SMILES string of the molecule is CCCN(CCCCCCNCCc1ccc2sc(=O)[nH]c2c1)[C@H]1CCc2c(ccc(OC)c2OC)C1. The van der Waals surface area contributed by atoms with E-state index in [2.05, 4.69) is 52.5 Å². The third kappa shape index (κ3) is 7.37. The quantitative estimate of drug-likeness (QED) is 0.254. The fourth-order valence-electron chi connectivity index (χ4n) is 5.67. The zero-order valence-electron chi connectivity index (χ0n) is 22.7. The van der Waals surface area contributed by atoms with Crippen molar-refractivity contribution in [3.63, 3.8) is 0 Å². The average molecular weight is 526 g/mol. The highest BCUT2D eigenvalue weighted by molar-refractivity contribution is 7.16. The summed E-state index contributed by atoms with van der Waals surface area (Å²) in [5.41, 5.74) is 4.99. The first-order chi connectivity index (χ1) is 18.1. The molecular formula is C30H43N3O3S. The number of aromatic nitrogens is 1. The molecule has 37 heavy (non-hydrogen) atoms. The molecule has 1 aromatic heterocycles. The maximum absolute atomic E-state index is 11.5. The lowest BCUT2D eigenvalue weighted by molar-refractivity contribution is 0.175. The van der Waals surface area contributed by atoms with Gasteiger partial charge in [0.05, 0.1) is 24.4 Å². The predicted molar refractivity (Wildman–Crippen MR) is 155 cm³/mol. The molecule has 202 valence electrons. The zero-order chi connectivity index (χ0) is 26.0. The molecule has 2 aromatic carbocycles. The van der Waals surface area contributed by atoms with Crippen LogP contribution in [-0.2, 0) is 19.3 Å². The first-order valence-corrected chi connectivity index (χ1v) is 14.7. The number of fused-ring (bicyclic) bond motifs is 2. The molecular weight excluding hydrogens is 482 g/mol. The van der Waals surface area contributed by atoms with Gasteiger partial charge in [0.25, 0.3) is 0 Å². The predicted octanol–water partition coefficient (Wildman–Crippen LogP) is 5.57. The molecule has 0 unspecified atom stereocenters. The Bertz CT molecular complexity index is 1190. The Labute approximate surface area is 225 Å². The van der Waals surface area contributed by atoms with Gasteiger partial charge < -0.3 is 24.7 Å². The van der Waals surface area contributed by atoms with E-state index >= 15 is 0 Å². The number of unbranched alkanes of at least 4 members (excludes halogenated alkanes) is 3. The number of H-pyrrole nitrogens is 1. The summed E-state index contributed by atoms with van der Waals surface area (Å²) in [7, 11) is 3.46. The van der Waals surface area contributed by atoms with Crippen molar-refractivity contribution < 1.29 is 9.47 Å². The lowest BCUT2D eigenvalue weighted by Crippen LogP contribution is -2.40. The first kappa shape index (κ1) is 27.7. The number of ether oxygens (including phenoxy) is 2. The van der Waals surface area contributed by atoms with E-state index in [0.29, 0.717) is 6.04 Å². The van der Waals surface area contributed by atoms with Gasteiger partial charge >= 0.3 is 4.87 Å². The number of nitrogens with one attached hydrogen (secondary N) is 2. The Morgan fingerprint density at radius 2 is 1.92 bits per heavy atom. The normalized spacial score (nSPS) is 15.3. The monoisotopic (exact) mass is 525 g/mol. The summed E-state index contributed by atoms with van der Waals surface area (Å²) in [6.45, 7) is 6.72. The summed E-state index contributed by atoms with van der Waals surface area (Å²) in [5.74, 6) is 1.77. The van der Waals surface area contributed by atoms with Crippen LogP contribution in [0.1, 0.15) is 62.1 Å². The van der Waals surface area contributed by atoms with Crippen molar-refractivity contribution in [2.75, 3.05) is 40.4 Å². The standard InChI is InChI=1S/C30H43N3O3S/c1-4-18-33(24-11-12-25-23(21-24)10-13-27(35-2)29(25)36-3)19-8-6-5-7-16-31-17-15-22-9-14-28-26(20-22)32-30(34)37-28/h9-10,13-14,20,24,31H,4-8,11-12,15-19,21H2,1-3H3,(H,32,34)/t24-/m0/s1. The van der Waals surface area contributed by atoms with Gasteiger partial charge in [-0.05, 0) is 100 Å². The molecule has 0 radical (unpaired) electrons. The molecule has 2 N–H and O–H groups in total. The maximum atomic E-state index is 11.5. The number of rotatable bonds is 15. The van der Waals surface area contributed by atoms with E-state index < -0.39 is 0 Å². The molecule has 6 nitrogen and oxygen atoms in total. The summed E-state index contributed by atoms with van der Waals surface area (Å²) in [6, 6.07) is 11.2. The molecule has 7 heteroatoms. The highest BCUT2D eigenvalue weighted by atomic mass is 32.1. The molecule has 0 aliphatic heterocycles. The lowest BCUT2D eigenvalue weighted by Gasteiger charge is -2.36. The van der Waals surface area contributed by atoms with Crippen molar-refractivity contribution in [3.05, 3.63) is 56.7 Å². The molecule has 3 aromatic rings. The number of hydrogen-bond acceptors (Lipinski definition) is 6. The average Bonchev–Trinajstić information content (AvgIpc) is 3.29. The highest BCUT2D eigenvalue weighted by Gasteiger charge is 2.27. The van der Waals surface area contributed by atoms with Crippen molar-refractivity contribution in [3.8, 4) is 11.5 Å². The Hall–Kier alpha value is -2.35. The van der Waals surface area contributed by atoms with E-state index in [0.717, 1.165) is 54.1 Å². The van der Waals surface area contributed by atoms with Crippen LogP contribution in [0.15, 0.2) is 35.1 Å². The molecule has 0 spiro atoms. The van der Waals surface area contributed by atoms with Crippen molar-refractivity contribution in [1.82, 2.24) is 15.2 Å². The van der Waals surface area contributed by atoms with Crippen LogP contribution in [0.2, 0.25) is 0 Å². The van der Waals surface area contributed by atoms with E-state index in [4.69, 9.17) is 9.47 Å². The minimum Gasteiger partial charge on any atom is -0.493 e. The van der Waals surface area contributed by atoms with Crippen LogP contribution in [0.4, 0.5) is 0 Å². The summed E-state index contributed by atoms with van der Waals surface area (Å²) in [4.78, 5) is 17.1. The number of benzene rings is 2. The Balaban J connectivity index is 1.13. The molecule has 1 aliphatic rings. The van der Waals surface area contributed by atoms with Gasteiger partial charge in [-0.1, -0.05) is 43.2 Å². The fourth-order valence-corrected chi connectivity index (χ4v) is 6.39. The number of nitrogens with zero attached hydrogens (tertiary/aromatic N) is 1. The highest BCUT2D eigenvalue weighted by Crippen LogP contribution is 2.38. The van der Waals surface area contributed by atoms with Gasteiger partial charge in [-0.2, -0.15) is 0 Å². The van der Waals surface area contributed by atoms with Gasteiger partial charge in [0.15, 0.2) is 11.5 Å². The van der Waals surface area contributed by atoms with Crippen LogP contribution in [0.3, 0.4) is 0 Å². The Kier molecular flexibility index (Phi) is 10.5. The largest absolute Gasteiger partial charge is 0.493 e. The summed E-state index contributed by atoms with van der Waals surface area (Å²) in [5, 5.41) is 3.59. The molecule has 1 heterocycles. The van der Waals surface area contributed by atoms with E-state index in [9.17, 15) is 4.79 Å². The fraction of sp³-hybridized carbons (Fsp3) is 0.567. The number of hydrogen-bond donors (Lipinski definition) is 2. The Morgan fingerprint density at radius 1 is 1.05 bits per heavy atom. The third-order valence-electron chi connectivity index (χ3n) is 7.58. The van der Waals surface area contributed by atoms with Crippen molar-refractivity contribution in [2.24, 2.45) is 0 Å². The summed E-state index contributed by atoms with van der Waals surface area (Å²) >= 11 is 1.28. The van der Waals surface area contributed by atoms with E-state index in [1.807, 2.05) is 0 Å². The van der Waals surface area contributed by atoms with E-state index in [1.165, 1.54) is 79.6 Å². The van der Waals surface area contributed by atoms with Gasteiger partial charge in [0, 0.05) is 11.6 Å². The third-order valence-corrected chi connectivity index (χ3v) is 8.44. The smallest absolute Gasteiger partial charge is 0.305 e. The van der Waals surface area contributed by atoms with Gasteiger partial charge in [-0.15, -0.1) is 0 Å². The number of aromatic amines is 1. The summed E-state index contributed by atoms with van der Waals surface area (Å²) in [6.07, 6.45) is 10.6. The van der Waals surface area contributed by atoms with Crippen LogP contribution in [-0.4, -0.2) is 56.3 Å². The van der Waals surface area contributed by atoms with Crippen molar-refractivity contribution >= 4 is 21.6 Å². The molecule has 0 amide bonds. The van der Waals surface area contributed by atoms with Crippen LogP contribution in [0.5, 0.6) is 11.5 Å². The topological polar surface area (TPSA) is 66.6 Å². The lowest BCUT2D eigenvalue weighted by atomic mass is 9.86. The second-order valence-corrected chi connectivity index (χ2v) is 11.1. The van der Waals surface area contributed by atoms with E-state index in [-0.39, 0.29) is 4.87 Å². The van der Waals surface area contributed by atoms with Crippen LogP contribution in [0, 0.1) is 0 Å². The van der Waals surface area contributed by atoms with Crippen LogP contribution in [0.25, 0.3) is 10.2 Å². The molecule has 0 saturated carbocycles.